The van der Waals surface area contributed by atoms with Crippen molar-refractivity contribution in [3.63, 3.8) is 0 Å². The summed E-state index contributed by atoms with van der Waals surface area (Å²) in [6, 6.07) is 0. The van der Waals surface area contributed by atoms with Crippen molar-refractivity contribution < 1.29 is 55.9 Å². The van der Waals surface area contributed by atoms with E-state index in [2.05, 4.69) is 0 Å². The third-order valence-corrected chi connectivity index (χ3v) is 1.29. The van der Waals surface area contributed by atoms with Crippen LogP contribution < -0.4 is 0 Å². The number of hydrogen-bond acceptors (Lipinski definition) is 4. The molecule has 0 aromatic rings. The summed E-state index contributed by atoms with van der Waals surface area (Å²) >= 11 is 0. The van der Waals surface area contributed by atoms with Gasteiger partial charge in [-0.1, -0.05) is 0 Å². The Morgan fingerprint density at radius 3 is 1.33 bits per heavy atom. The van der Waals surface area contributed by atoms with E-state index in [9.17, 15) is 14.4 Å². The summed E-state index contributed by atoms with van der Waals surface area (Å²) < 4.78 is 0. The van der Waals surface area contributed by atoms with E-state index in [1.807, 2.05) is 0 Å². The Hall–Kier alpha value is 0.0583. The van der Waals surface area contributed by atoms with Gasteiger partial charge < -0.3 is 20.4 Å². The number of carboxylic acids is 3. The van der Waals surface area contributed by atoms with Crippen molar-refractivity contribution in [1.82, 2.24) is 0 Å². The molecule has 0 aliphatic heterocycles. The molecule has 0 spiro atoms. The minimum Gasteiger partial charge on any atom is 0 e. The van der Waals surface area contributed by atoms with Gasteiger partial charge >= 0.3 is 47.5 Å². The molecule has 15 heavy (non-hydrogen) atoms. The summed E-state index contributed by atoms with van der Waals surface area (Å²) in [6.45, 7) is 0. The van der Waals surface area contributed by atoms with Crippen LogP contribution in [0.15, 0.2) is 0 Å². The van der Waals surface area contributed by atoms with Crippen LogP contribution in [0.25, 0.3) is 0 Å². The van der Waals surface area contributed by atoms with Crippen LogP contribution in [0.4, 0.5) is 0 Å². The quantitative estimate of drug-likeness (QED) is 0.397. The summed E-state index contributed by atoms with van der Waals surface area (Å²) in [5.41, 5.74) is -2.74. The van der Waals surface area contributed by atoms with Gasteiger partial charge in [0.25, 0.3) is 0 Å². The van der Waals surface area contributed by atoms with Gasteiger partial charge in [-0.2, -0.15) is 0 Å². The maximum atomic E-state index is 10.3. The molecular weight excluding hydrogens is 391 g/mol. The van der Waals surface area contributed by atoms with Gasteiger partial charge in [0.05, 0.1) is 12.8 Å². The van der Waals surface area contributed by atoms with Crippen LogP contribution >= 0.6 is 0 Å². The van der Waals surface area contributed by atoms with Crippen molar-refractivity contribution in [3.8, 4) is 0 Å². The maximum absolute atomic E-state index is 10.3. The van der Waals surface area contributed by atoms with E-state index in [0.717, 1.165) is 0 Å². The van der Waals surface area contributed by atoms with Gasteiger partial charge in [0.1, 0.15) is 0 Å². The SMILES string of the molecule is O=C(O)CC(O)(CC(=O)O)C(=O)O.[NaH].[W]. The van der Waals surface area contributed by atoms with Crippen molar-refractivity contribution in [2.24, 2.45) is 0 Å². The molecule has 0 aromatic heterocycles. The predicted octanol–water partition coefficient (Wildman–Crippen LogP) is -1.90. The molecule has 0 rings (SSSR count). The first-order valence-corrected chi connectivity index (χ1v) is 3.17. The molecule has 0 aliphatic carbocycles. The monoisotopic (exact) mass is 400 g/mol. The summed E-state index contributed by atoms with van der Waals surface area (Å²) in [5.74, 6) is -5.02. The van der Waals surface area contributed by atoms with Gasteiger partial charge in [0, 0.05) is 21.1 Å². The number of hydrogen-bond donors (Lipinski definition) is 4. The van der Waals surface area contributed by atoms with Gasteiger partial charge in [0.2, 0.25) is 0 Å². The van der Waals surface area contributed by atoms with E-state index < -0.39 is 36.4 Å². The fourth-order valence-corrected chi connectivity index (χ4v) is 0.714. The molecule has 0 fully saturated rings. The zero-order valence-corrected chi connectivity index (χ0v) is 9.77. The van der Waals surface area contributed by atoms with E-state index in [1.165, 1.54) is 0 Å². The van der Waals surface area contributed by atoms with E-state index in [0.29, 0.717) is 0 Å². The van der Waals surface area contributed by atoms with Gasteiger partial charge in [-0.25, -0.2) is 4.79 Å². The van der Waals surface area contributed by atoms with Crippen molar-refractivity contribution in [2.75, 3.05) is 0 Å². The smallest absolute Gasteiger partial charge is 0 e. The van der Waals surface area contributed by atoms with Gasteiger partial charge in [-0.15, -0.1) is 0 Å². The molecule has 0 amide bonds. The van der Waals surface area contributed by atoms with E-state index in [-0.39, 0.29) is 50.6 Å². The zero-order valence-electron chi connectivity index (χ0n) is 6.84. The third-order valence-electron chi connectivity index (χ3n) is 1.29. The van der Waals surface area contributed by atoms with E-state index in [1.54, 1.807) is 0 Å². The summed E-state index contributed by atoms with van der Waals surface area (Å²) in [6.07, 6.45) is -2.29. The second kappa shape index (κ2) is 8.24. The van der Waals surface area contributed by atoms with Gasteiger partial charge in [-0.3, -0.25) is 9.59 Å². The molecule has 4 N–H and O–H groups in total. The molecule has 0 aliphatic rings. The molecule has 0 saturated heterocycles. The van der Waals surface area contributed by atoms with Crippen LogP contribution in [-0.2, 0) is 35.4 Å². The van der Waals surface area contributed by atoms with Crippen molar-refractivity contribution in [3.05, 3.63) is 0 Å². The minimum atomic E-state index is -2.74. The van der Waals surface area contributed by atoms with Crippen LogP contribution in [0.3, 0.4) is 0 Å². The molecule has 82 valence electrons. The molecule has 0 atom stereocenters. The Kier molecular flexibility index (Phi) is 11.2. The number of carbonyl (C=O) groups is 3. The maximum Gasteiger partial charge on any atom is 0 e. The van der Waals surface area contributed by atoms with Crippen molar-refractivity contribution in [2.45, 2.75) is 18.4 Å². The molecule has 0 heterocycles. The van der Waals surface area contributed by atoms with Crippen LogP contribution in [0.2, 0.25) is 0 Å². The number of aliphatic carboxylic acids is 3. The Balaban J connectivity index is -0.000000720. The Morgan fingerprint density at radius 1 is 0.933 bits per heavy atom. The first kappa shape index (κ1) is 20.5. The molecule has 0 bridgehead atoms. The predicted molar refractivity (Wildman–Crippen MR) is 44.2 cm³/mol. The average Bonchev–Trinajstić information content (AvgIpc) is 1.82. The molecule has 0 radical (unpaired) electrons. The fraction of sp³-hybridized carbons (Fsp3) is 0.500. The van der Waals surface area contributed by atoms with Crippen molar-refractivity contribution >= 4 is 47.5 Å². The minimum absolute atomic E-state index is 0. The average molecular weight is 400 g/mol. The number of carboxylic acid groups (broad SMARTS) is 3. The Labute approximate surface area is 121 Å². The van der Waals surface area contributed by atoms with Crippen LogP contribution in [0.1, 0.15) is 12.8 Å². The van der Waals surface area contributed by atoms with E-state index >= 15 is 0 Å². The summed E-state index contributed by atoms with van der Waals surface area (Å²) in [7, 11) is 0. The van der Waals surface area contributed by atoms with Crippen LogP contribution in [0.5, 0.6) is 0 Å². The van der Waals surface area contributed by atoms with E-state index in [4.69, 9.17) is 20.4 Å². The number of aliphatic hydroxyl groups is 1. The standard InChI is InChI=1S/C6H8O7.Na.W.H/c7-3(8)1-6(13,5(11)12)2-4(9)10;;;/h13H,1-2H2,(H,7,8)(H,9,10)(H,11,12);;;. The Morgan fingerprint density at radius 2 is 1.20 bits per heavy atom. The van der Waals surface area contributed by atoms with Crippen molar-refractivity contribution in [1.29, 1.82) is 0 Å². The summed E-state index contributed by atoms with van der Waals surface area (Å²) in [5, 5.41) is 33.8. The van der Waals surface area contributed by atoms with Crippen LogP contribution in [-0.4, -0.2) is 73.5 Å². The molecule has 0 saturated carbocycles. The summed E-state index contributed by atoms with van der Waals surface area (Å²) in [4.78, 5) is 30.5. The molecular formula is C6H9NaO7W. The third kappa shape index (κ3) is 7.93. The number of rotatable bonds is 5. The molecule has 9 heteroatoms. The largest absolute Gasteiger partial charge is 0 e. The first-order valence-electron chi connectivity index (χ1n) is 3.17. The van der Waals surface area contributed by atoms with Crippen LogP contribution in [0, 0.1) is 0 Å². The Bertz CT molecular complexity index is 238. The topological polar surface area (TPSA) is 132 Å². The second-order valence-electron chi connectivity index (χ2n) is 2.48. The fourth-order valence-electron chi connectivity index (χ4n) is 0.714. The zero-order chi connectivity index (χ0) is 10.6. The molecule has 7 nitrogen and oxygen atoms in total. The molecule has 0 aromatic carbocycles. The molecule has 0 unspecified atom stereocenters. The second-order valence-corrected chi connectivity index (χ2v) is 2.48. The van der Waals surface area contributed by atoms with Gasteiger partial charge in [0.15, 0.2) is 5.60 Å². The first-order chi connectivity index (χ1) is 5.78. The normalized spacial score (nSPS) is 9.40. The van der Waals surface area contributed by atoms with Gasteiger partial charge in [-0.05, 0) is 0 Å².